The van der Waals surface area contributed by atoms with Crippen LogP contribution in [0, 0.1) is 5.92 Å². The molecule has 0 N–H and O–H groups in total. The van der Waals surface area contributed by atoms with Crippen LogP contribution in [0.3, 0.4) is 0 Å². The highest BCUT2D eigenvalue weighted by Crippen LogP contribution is 2.31. The van der Waals surface area contributed by atoms with Gasteiger partial charge in [0.15, 0.2) is 11.5 Å². The summed E-state index contributed by atoms with van der Waals surface area (Å²) in [4.78, 5) is 2.12. The number of alkyl halides is 3. The highest BCUT2D eigenvalue weighted by Gasteiger charge is 2.34. The molecule has 3 nitrogen and oxygen atoms in total. The lowest BCUT2D eigenvalue weighted by Crippen LogP contribution is -2.44. The van der Waals surface area contributed by atoms with Gasteiger partial charge in [-0.3, -0.25) is 0 Å². The molecule has 6 heteroatoms. The van der Waals surface area contributed by atoms with Crippen molar-refractivity contribution >= 4 is 5.82 Å². The van der Waals surface area contributed by atoms with Crippen LogP contribution in [0.25, 0.3) is 0 Å². The maximum atomic E-state index is 12.5. The van der Waals surface area contributed by atoms with E-state index in [0.717, 1.165) is 31.9 Å². The Labute approximate surface area is 117 Å². The van der Waals surface area contributed by atoms with Crippen molar-refractivity contribution in [2.75, 3.05) is 11.4 Å². The SMILES string of the molecule is CCC(C)C1CCCCN1c1ccc(C(F)(F)F)nn1. The fourth-order valence-electron chi connectivity index (χ4n) is 2.74. The Hall–Kier alpha value is -1.33. The zero-order chi connectivity index (χ0) is 14.8. The minimum Gasteiger partial charge on any atom is -0.352 e. The zero-order valence-electron chi connectivity index (χ0n) is 11.8. The summed E-state index contributed by atoms with van der Waals surface area (Å²) in [6.07, 6.45) is -0.0916. The minimum atomic E-state index is -4.43. The van der Waals surface area contributed by atoms with Crippen LogP contribution in [-0.2, 0) is 6.18 Å². The number of rotatable bonds is 3. The summed E-state index contributed by atoms with van der Waals surface area (Å²) in [5, 5.41) is 7.12. The molecule has 0 aliphatic carbocycles. The Morgan fingerprint density at radius 1 is 1.30 bits per heavy atom. The number of halogens is 3. The monoisotopic (exact) mass is 287 g/mol. The molecule has 1 saturated heterocycles. The van der Waals surface area contributed by atoms with Gasteiger partial charge in [-0.1, -0.05) is 20.3 Å². The number of piperidine rings is 1. The molecule has 1 aliphatic rings. The topological polar surface area (TPSA) is 29.0 Å². The predicted octanol–water partition coefficient (Wildman–Crippen LogP) is 3.90. The fraction of sp³-hybridized carbons (Fsp3) is 0.714. The summed E-state index contributed by atoms with van der Waals surface area (Å²) >= 11 is 0. The van der Waals surface area contributed by atoms with Crippen molar-refractivity contribution in [1.29, 1.82) is 0 Å². The maximum Gasteiger partial charge on any atom is 0.435 e. The summed E-state index contributed by atoms with van der Waals surface area (Å²) in [5.74, 6) is 1.06. The quantitative estimate of drug-likeness (QED) is 0.844. The summed E-state index contributed by atoms with van der Waals surface area (Å²) in [6, 6.07) is 2.81. The summed E-state index contributed by atoms with van der Waals surface area (Å²) in [7, 11) is 0. The van der Waals surface area contributed by atoms with Crippen LogP contribution in [0.4, 0.5) is 19.0 Å². The zero-order valence-corrected chi connectivity index (χ0v) is 11.8. The van der Waals surface area contributed by atoms with E-state index in [1.807, 2.05) is 0 Å². The summed E-state index contributed by atoms with van der Waals surface area (Å²) < 4.78 is 37.5. The first-order valence-electron chi connectivity index (χ1n) is 7.11. The normalized spacial score (nSPS) is 21.9. The first-order chi connectivity index (χ1) is 9.43. The van der Waals surface area contributed by atoms with Crippen molar-refractivity contribution in [3.63, 3.8) is 0 Å². The third-order valence-corrected chi connectivity index (χ3v) is 4.09. The predicted molar refractivity (Wildman–Crippen MR) is 71.5 cm³/mol. The van der Waals surface area contributed by atoms with Crippen molar-refractivity contribution in [3.05, 3.63) is 17.8 Å². The van der Waals surface area contributed by atoms with Crippen LogP contribution in [0.15, 0.2) is 12.1 Å². The highest BCUT2D eigenvalue weighted by atomic mass is 19.4. The van der Waals surface area contributed by atoms with E-state index < -0.39 is 11.9 Å². The van der Waals surface area contributed by atoms with Gasteiger partial charge in [-0.25, -0.2) is 0 Å². The first-order valence-corrected chi connectivity index (χ1v) is 7.11. The number of anilines is 1. The molecule has 1 fully saturated rings. The van der Waals surface area contributed by atoms with Crippen LogP contribution in [0.1, 0.15) is 45.2 Å². The van der Waals surface area contributed by atoms with E-state index in [-0.39, 0.29) is 0 Å². The molecule has 1 aliphatic heterocycles. The number of nitrogens with zero attached hydrogens (tertiary/aromatic N) is 3. The minimum absolute atomic E-state index is 0.347. The van der Waals surface area contributed by atoms with E-state index in [4.69, 9.17) is 0 Å². The average molecular weight is 287 g/mol. The number of hydrogen-bond acceptors (Lipinski definition) is 3. The van der Waals surface area contributed by atoms with Gasteiger partial charge in [-0.2, -0.15) is 13.2 Å². The van der Waals surface area contributed by atoms with Crippen LogP contribution in [-0.4, -0.2) is 22.8 Å². The summed E-state index contributed by atoms with van der Waals surface area (Å²) in [6.45, 7) is 5.16. The highest BCUT2D eigenvalue weighted by molar-refractivity contribution is 5.39. The van der Waals surface area contributed by atoms with Gasteiger partial charge in [0, 0.05) is 12.6 Å². The van der Waals surface area contributed by atoms with Crippen LogP contribution >= 0.6 is 0 Å². The van der Waals surface area contributed by atoms with Crippen LogP contribution in [0.5, 0.6) is 0 Å². The van der Waals surface area contributed by atoms with Gasteiger partial charge in [0.1, 0.15) is 0 Å². The third-order valence-electron chi connectivity index (χ3n) is 4.09. The second-order valence-electron chi connectivity index (χ2n) is 5.42. The molecule has 1 aromatic heterocycles. The standard InChI is InChI=1S/C14H20F3N3/c1-3-10(2)11-6-4-5-9-20(11)13-8-7-12(18-19-13)14(15,16)17/h7-8,10-11H,3-6,9H2,1-2H3. The summed E-state index contributed by atoms with van der Waals surface area (Å²) in [5.41, 5.74) is -0.932. The molecule has 20 heavy (non-hydrogen) atoms. The van der Waals surface area contributed by atoms with E-state index in [1.54, 1.807) is 0 Å². The van der Waals surface area contributed by atoms with Gasteiger partial charge in [-0.15, -0.1) is 10.2 Å². The largest absolute Gasteiger partial charge is 0.435 e. The molecule has 1 aromatic rings. The molecule has 0 bridgehead atoms. The average Bonchev–Trinajstić information content (AvgIpc) is 2.45. The second kappa shape index (κ2) is 5.97. The van der Waals surface area contributed by atoms with E-state index >= 15 is 0 Å². The molecule has 2 atom stereocenters. The Bertz CT molecular complexity index is 430. The molecule has 2 heterocycles. The molecule has 0 spiro atoms. The van der Waals surface area contributed by atoms with Crippen molar-refractivity contribution < 1.29 is 13.2 Å². The van der Waals surface area contributed by atoms with Gasteiger partial charge < -0.3 is 4.90 Å². The Kier molecular flexibility index (Phi) is 4.50. The lowest BCUT2D eigenvalue weighted by atomic mass is 9.90. The Morgan fingerprint density at radius 2 is 2.05 bits per heavy atom. The number of aromatic nitrogens is 2. The lowest BCUT2D eigenvalue weighted by Gasteiger charge is -2.39. The van der Waals surface area contributed by atoms with Crippen molar-refractivity contribution in [2.24, 2.45) is 5.92 Å². The molecule has 0 amide bonds. The van der Waals surface area contributed by atoms with Crippen molar-refractivity contribution in [1.82, 2.24) is 10.2 Å². The molecular formula is C14H20F3N3. The van der Waals surface area contributed by atoms with Crippen molar-refractivity contribution in [3.8, 4) is 0 Å². The van der Waals surface area contributed by atoms with E-state index in [9.17, 15) is 13.2 Å². The van der Waals surface area contributed by atoms with E-state index in [2.05, 4.69) is 28.9 Å². The molecule has 0 saturated carbocycles. The molecule has 2 unspecified atom stereocenters. The fourth-order valence-corrected chi connectivity index (χ4v) is 2.74. The molecule has 2 rings (SSSR count). The van der Waals surface area contributed by atoms with Gasteiger partial charge in [0.05, 0.1) is 0 Å². The molecule has 0 radical (unpaired) electrons. The molecule has 0 aromatic carbocycles. The van der Waals surface area contributed by atoms with E-state index in [1.165, 1.54) is 12.5 Å². The maximum absolute atomic E-state index is 12.5. The van der Waals surface area contributed by atoms with Gasteiger partial charge in [-0.05, 0) is 37.3 Å². The smallest absolute Gasteiger partial charge is 0.352 e. The van der Waals surface area contributed by atoms with Gasteiger partial charge in [0.2, 0.25) is 0 Å². The molecular weight excluding hydrogens is 267 g/mol. The first kappa shape index (κ1) is 15.1. The van der Waals surface area contributed by atoms with Crippen molar-refractivity contribution in [2.45, 2.75) is 51.7 Å². The number of hydrogen-bond donors (Lipinski definition) is 0. The lowest BCUT2D eigenvalue weighted by molar-refractivity contribution is -0.141. The van der Waals surface area contributed by atoms with Crippen LogP contribution in [0.2, 0.25) is 0 Å². The van der Waals surface area contributed by atoms with Crippen LogP contribution < -0.4 is 4.90 Å². The van der Waals surface area contributed by atoms with Gasteiger partial charge in [0.25, 0.3) is 0 Å². The third kappa shape index (κ3) is 3.22. The second-order valence-corrected chi connectivity index (χ2v) is 5.42. The molecule has 112 valence electrons. The Morgan fingerprint density at radius 3 is 2.60 bits per heavy atom. The van der Waals surface area contributed by atoms with Gasteiger partial charge >= 0.3 is 6.18 Å². The van der Waals surface area contributed by atoms with E-state index in [0.29, 0.717) is 17.8 Å². The Balaban J connectivity index is 2.20.